The topological polar surface area (TPSA) is 194 Å². The maximum Gasteiger partial charge on any atom is 0.326 e. The number of rotatable bonds is 14. The van der Waals surface area contributed by atoms with Gasteiger partial charge in [0.25, 0.3) is 0 Å². The Hall–Kier alpha value is -2.34. The van der Waals surface area contributed by atoms with E-state index in [0.717, 1.165) is 0 Å². The second-order valence-corrected chi connectivity index (χ2v) is 7.91. The number of thioether (sulfide) groups is 1. The highest BCUT2D eigenvalue weighted by molar-refractivity contribution is 7.98. The second-order valence-electron chi connectivity index (χ2n) is 6.93. The van der Waals surface area contributed by atoms with Gasteiger partial charge < -0.3 is 32.5 Å². The van der Waals surface area contributed by atoms with Crippen LogP contribution in [-0.4, -0.2) is 71.4 Å². The molecule has 0 aliphatic heterocycles. The van der Waals surface area contributed by atoms with Crippen LogP contribution in [0.1, 0.15) is 33.1 Å². The molecule has 0 saturated heterocycles. The first-order chi connectivity index (χ1) is 13.5. The van der Waals surface area contributed by atoms with Gasteiger partial charge in [0, 0.05) is 0 Å². The van der Waals surface area contributed by atoms with Crippen molar-refractivity contribution in [3.63, 3.8) is 0 Å². The number of nitrogens with two attached hydrogens (primary N) is 2. The van der Waals surface area contributed by atoms with E-state index in [-0.39, 0.29) is 12.3 Å². The van der Waals surface area contributed by atoms with Crippen molar-refractivity contribution >= 4 is 41.4 Å². The van der Waals surface area contributed by atoms with Crippen molar-refractivity contribution in [2.45, 2.75) is 51.2 Å². The Labute approximate surface area is 174 Å². The molecule has 4 amide bonds. The van der Waals surface area contributed by atoms with Gasteiger partial charge in [0.2, 0.25) is 23.6 Å². The fraction of sp³-hybridized carbons (Fsp3) is 0.706. The number of carboxylic acids is 1. The minimum absolute atomic E-state index is 0.170. The van der Waals surface area contributed by atoms with Crippen LogP contribution in [0.15, 0.2) is 0 Å². The first kappa shape index (κ1) is 26.7. The number of hydrogen-bond acceptors (Lipinski definition) is 7. The summed E-state index contributed by atoms with van der Waals surface area (Å²) in [5.74, 6) is -3.52. The monoisotopic (exact) mass is 433 g/mol. The minimum Gasteiger partial charge on any atom is -0.480 e. The van der Waals surface area contributed by atoms with Crippen molar-refractivity contribution < 1.29 is 29.1 Å². The molecule has 8 N–H and O–H groups in total. The van der Waals surface area contributed by atoms with Gasteiger partial charge in [0.05, 0.1) is 19.0 Å². The Bertz CT molecular complexity index is 601. The Morgan fingerprint density at radius 3 is 2.14 bits per heavy atom. The van der Waals surface area contributed by atoms with Crippen molar-refractivity contribution in [2.24, 2.45) is 17.4 Å². The van der Waals surface area contributed by atoms with Gasteiger partial charge in [-0.1, -0.05) is 13.8 Å². The zero-order chi connectivity index (χ0) is 22.6. The molecule has 166 valence electrons. The Morgan fingerprint density at radius 2 is 1.66 bits per heavy atom. The molecule has 0 fully saturated rings. The smallest absolute Gasteiger partial charge is 0.326 e. The number of nitrogens with one attached hydrogen (secondary N) is 3. The molecule has 0 rings (SSSR count). The van der Waals surface area contributed by atoms with E-state index >= 15 is 0 Å². The van der Waals surface area contributed by atoms with Crippen LogP contribution in [0.4, 0.5) is 0 Å². The van der Waals surface area contributed by atoms with E-state index in [4.69, 9.17) is 11.5 Å². The zero-order valence-electron chi connectivity index (χ0n) is 16.9. The van der Waals surface area contributed by atoms with Gasteiger partial charge in [-0.15, -0.1) is 0 Å². The molecule has 0 saturated carbocycles. The summed E-state index contributed by atoms with van der Waals surface area (Å²) >= 11 is 1.41. The molecule has 0 aromatic heterocycles. The lowest BCUT2D eigenvalue weighted by molar-refractivity contribution is -0.142. The fourth-order valence-electron chi connectivity index (χ4n) is 2.33. The molecular weight excluding hydrogens is 402 g/mol. The molecule has 0 heterocycles. The lowest BCUT2D eigenvalue weighted by Crippen LogP contribution is -2.54. The molecule has 0 radical (unpaired) electrons. The molecule has 0 spiro atoms. The van der Waals surface area contributed by atoms with Crippen LogP contribution < -0.4 is 27.4 Å². The van der Waals surface area contributed by atoms with Crippen molar-refractivity contribution in [2.75, 3.05) is 18.6 Å². The van der Waals surface area contributed by atoms with Crippen LogP contribution in [0, 0.1) is 5.92 Å². The largest absolute Gasteiger partial charge is 0.480 e. The van der Waals surface area contributed by atoms with Crippen LogP contribution in [0.3, 0.4) is 0 Å². The Morgan fingerprint density at radius 1 is 1.03 bits per heavy atom. The molecule has 0 aromatic carbocycles. The Kier molecular flexibility index (Phi) is 12.7. The van der Waals surface area contributed by atoms with Gasteiger partial charge in [-0.05, 0) is 30.8 Å². The molecule has 29 heavy (non-hydrogen) atoms. The molecule has 12 heteroatoms. The molecule has 0 aromatic rings. The second kappa shape index (κ2) is 13.8. The van der Waals surface area contributed by atoms with E-state index in [1.165, 1.54) is 11.8 Å². The third-order valence-electron chi connectivity index (χ3n) is 3.77. The van der Waals surface area contributed by atoms with Gasteiger partial charge in [0.1, 0.15) is 12.1 Å². The van der Waals surface area contributed by atoms with E-state index in [1.807, 2.05) is 13.8 Å². The zero-order valence-corrected chi connectivity index (χ0v) is 17.7. The van der Waals surface area contributed by atoms with Crippen LogP contribution in [0.5, 0.6) is 0 Å². The average Bonchev–Trinajstić information content (AvgIpc) is 2.61. The number of aliphatic carboxylic acids is 1. The number of carbonyl (C=O) groups is 5. The van der Waals surface area contributed by atoms with Crippen LogP contribution in [-0.2, 0) is 24.0 Å². The van der Waals surface area contributed by atoms with Crippen molar-refractivity contribution in [3.8, 4) is 0 Å². The normalized spacial score (nSPS) is 13.8. The molecule has 0 bridgehead atoms. The molecule has 11 nitrogen and oxygen atoms in total. The van der Waals surface area contributed by atoms with Gasteiger partial charge >= 0.3 is 5.97 Å². The quantitative estimate of drug-likeness (QED) is 0.184. The van der Waals surface area contributed by atoms with E-state index in [2.05, 4.69) is 16.0 Å². The molecular formula is C17H31N5O6S. The summed E-state index contributed by atoms with van der Waals surface area (Å²) < 4.78 is 0. The van der Waals surface area contributed by atoms with E-state index in [9.17, 15) is 29.1 Å². The van der Waals surface area contributed by atoms with Gasteiger partial charge in [-0.25, -0.2) is 4.79 Å². The number of hydrogen-bond donors (Lipinski definition) is 6. The van der Waals surface area contributed by atoms with Crippen molar-refractivity contribution in [1.29, 1.82) is 0 Å². The highest BCUT2D eigenvalue weighted by Gasteiger charge is 2.27. The predicted molar refractivity (Wildman–Crippen MR) is 109 cm³/mol. The average molecular weight is 434 g/mol. The number of carbonyl (C=O) groups excluding carboxylic acids is 4. The third-order valence-corrected chi connectivity index (χ3v) is 4.41. The summed E-state index contributed by atoms with van der Waals surface area (Å²) in [6, 6.07) is -3.31. The first-order valence-corrected chi connectivity index (χ1v) is 10.5. The number of carboxylic acid groups (broad SMARTS) is 1. The predicted octanol–water partition coefficient (Wildman–Crippen LogP) is -1.84. The van der Waals surface area contributed by atoms with Gasteiger partial charge in [0.15, 0.2) is 0 Å². The number of amides is 4. The van der Waals surface area contributed by atoms with Gasteiger partial charge in [-0.3, -0.25) is 19.2 Å². The summed E-state index contributed by atoms with van der Waals surface area (Å²) in [5, 5.41) is 16.1. The van der Waals surface area contributed by atoms with Crippen LogP contribution >= 0.6 is 11.8 Å². The molecule has 0 aliphatic rings. The summed E-state index contributed by atoms with van der Waals surface area (Å²) in [6.45, 7) is 3.34. The maximum atomic E-state index is 12.3. The summed E-state index contributed by atoms with van der Waals surface area (Å²) in [7, 11) is 0. The van der Waals surface area contributed by atoms with Gasteiger partial charge in [-0.2, -0.15) is 11.8 Å². The minimum atomic E-state index is -1.36. The Balaban J connectivity index is 4.86. The standard InChI is InChI=1S/C17H31N5O6S/c1-9(2)6-10(18)15(25)20-8-14(24)21-12(7-13(19)23)16(26)22-11(17(27)28)4-5-29-3/h9-12H,4-8,18H2,1-3H3,(H2,19,23)(H,20,25)(H,21,24)(H,22,26)(H,27,28). The van der Waals surface area contributed by atoms with Crippen molar-refractivity contribution in [1.82, 2.24) is 16.0 Å². The lowest BCUT2D eigenvalue weighted by atomic mass is 10.0. The SMILES string of the molecule is CSCCC(NC(=O)C(CC(N)=O)NC(=O)CNC(=O)C(N)CC(C)C)C(=O)O. The van der Waals surface area contributed by atoms with E-state index < -0.39 is 60.7 Å². The third kappa shape index (κ3) is 12.0. The van der Waals surface area contributed by atoms with Crippen LogP contribution in [0.25, 0.3) is 0 Å². The number of primary amides is 1. The van der Waals surface area contributed by atoms with Crippen LogP contribution in [0.2, 0.25) is 0 Å². The molecule has 0 aliphatic carbocycles. The van der Waals surface area contributed by atoms with E-state index in [1.54, 1.807) is 6.26 Å². The summed E-state index contributed by atoms with van der Waals surface area (Å²) in [4.78, 5) is 58.8. The molecule has 3 unspecified atom stereocenters. The fourth-order valence-corrected chi connectivity index (χ4v) is 2.81. The van der Waals surface area contributed by atoms with E-state index in [0.29, 0.717) is 12.2 Å². The molecule has 3 atom stereocenters. The van der Waals surface area contributed by atoms with Crippen molar-refractivity contribution in [3.05, 3.63) is 0 Å². The highest BCUT2D eigenvalue weighted by atomic mass is 32.2. The summed E-state index contributed by atoms with van der Waals surface area (Å²) in [6.07, 6.45) is 1.88. The lowest BCUT2D eigenvalue weighted by Gasteiger charge is -2.21. The highest BCUT2D eigenvalue weighted by Crippen LogP contribution is 2.03. The first-order valence-electron chi connectivity index (χ1n) is 9.10. The maximum absolute atomic E-state index is 12.3. The summed E-state index contributed by atoms with van der Waals surface area (Å²) in [5.41, 5.74) is 10.8.